The fourth-order valence-corrected chi connectivity index (χ4v) is 7.48. The van der Waals surface area contributed by atoms with Gasteiger partial charge in [-0.2, -0.15) is 0 Å². The third kappa shape index (κ3) is 6.01. The Morgan fingerprint density at radius 2 is 1.28 bits per heavy atom. The molecule has 7 aromatic rings. The summed E-state index contributed by atoms with van der Waals surface area (Å²) in [5.74, 6) is 0.336. The van der Waals surface area contributed by atoms with Crippen molar-refractivity contribution < 1.29 is 0 Å². The average Bonchev–Trinajstić information content (AvgIpc) is 3.18. The zero-order chi connectivity index (χ0) is 33.3. The van der Waals surface area contributed by atoms with E-state index in [1.165, 1.54) is 55.0 Å². The Morgan fingerprint density at radius 3 is 2.10 bits per heavy atom. The van der Waals surface area contributed by atoms with Crippen LogP contribution in [0, 0.1) is 0 Å². The van der Waals surface area contributed by atoms with Gasteiger partial charge in [-0.3, -0.25) is 0 Å². The van der Waals surface area contributed by atoms with Gasteiger partial charge >= 0.3 is 0 Å². The molecule has 2 heteroatoms. The van der Waals surface area contributed by atoms with Gasteiger partial charge in [-0.15, -0.1) is 0 Å². The molecule has 2 aliphatic carbocycles. The largest absolute Gasteiger partial charge is 0.356 e. The minimum atomic E-state index is 0.336. The van der Waals surface area contributed by atoms with Crippen molar-refractivity contribution in [3.63, 3.8) is 0 Å². The van der Waals surface area contributed by atoms with Gasteiger partial charge in [-0.25, -0.2) is 0 Å². The normalized spacial score (nSPS) is 15.1. The fraction of sp³-hybridized carbons (Fsp3) is 0.0833. The molecule has 2 aliphatic rings. The maximum Gasteiger partial charge on any atom is 0.0467 e. The number of nitrogens with one attached hydrogen (secondary N) is 1. The Kier molecular flexibility index (Phi) is 7.83. The lowest BCUT2D eigenvalue weighted by molar-refractivity contribution is 0.846. The summed E-state index contributed by atoms with van der Waals surface area (Å²) in [6.07, 6.45) is 14.6. The van der Waals surface area contributed by atoms with Crippen molar-refractivity contribution in [2.24, 2.45) is 0 Å². The van der Waals surface area contributed by atoms with E-state index in [9.17, 15) is 0 Å². The van der Waals surface area contributed by atoms with Crippen LogP contribution in [-0.2, 0) is 6.42 Å². The van der Waals surface area contributed by atoms with Crippen molar-refractivity contribution in [2.75, 3.05) is 10.2 Å². The van der Waals surface area contributed by atoms with Crippen LogP contribution < -0.4 is 10.2 Å². The minimum absolute atomic E-state index is 0.336. The average molecular weight is 643 g/mol. The molecule has 0 spiro atoms. The number of rotatable bonds is 7. The standard InChI is InChI=1S/C48H38N2/c1-2-9-34(10-3-1)41-15-8-16-47(32-41)50(48-28-22-35-11-4-5-14-40(35)33-48)46-26-20-37(21-27-46)36-17-23-44(24-18-36)49-45-25-19-42-29-38-12-6-7-13-39(38)30-43(42)31-45/h1-4,6-13,15-17,19-33,36,49H,5,14,18H2. The second-order valence-corrected chi connectivity index (χ2v) is 13.4. The number of hydrogen-bond acceptors (Lipinski definition) is 2. The lowest BCUT2D eigenvalue weighted by atomic mass is 9.91. The van der Waals surface area contributed by atoms with E-state index in [0.29, 0.717) is 5.92 Å². The second kappa shape index (κ2) is 13.1. The van der Waals surface area contributed by atoms with Gasteiger partial charge < -0.3 is 10.2 Å². The predicted octanol–water partition coefficient (Wildman–Crippen LogP) is 13.1. The molecule has 0 saturated carbocycles. The van der Waals surface area contributed by atoms with Gasteiger partial charge in [0.05, 0.1) is 0 Å². The van der Waals surface area contributed by atoms with Crippen LogP contribution in [0.2, 0.25) is 0 Å². The molecule has 0 radical (unpaired) electrons. The highest BCUT2D eigenvalue weighted by Crippen LogP contribution is 2.39. The Labute approximate surface area is 294 Å². The van der Waals surface area contributed by atoms with Crippen molar-refractivity contribution in [2.45, 2.75) is 25.2 Å². The van der Waals surface area contributed by atoms with Gasteiger partial charge in [0, 0.05) is 34.4 Å². The van der Waals surface area contributed by atoms with Gasteiger partial charge in [-0.05, 0) is 135 Å². The minimum Gasteiger partial charge on any atom is -0.356 e. The summed E-state index contributed by atoms with van der Waals surface area (Å²) in [4.78, 5) is 2.40. The van der Waals surface area contributed by atoms with Gasteiger partial charge in [0.25, 0.3) is 0 Å². The summed E-state index contributed by atoms with van der Waals surface area (Å²) >= 11 is 0. The zero-order valence-electron chi connectivity index (χ0n) is 28.0. The van der Waals surface area contributed by atoms with Gasteiger partial charge in [0.2, 0.25) is 0 Å². The van der Waals surface area contributed by atoms with E-state index in [-0.39, 0.29) is 0 Å². The molecular weight excluding hydrogens is 605 g/mol. The molecule has 240 valence electrons. The number of fused-ring (bicyclic) bond motifs is 3. The first-order valence-electron chi connectivity index (χ1n) is 17.7. The maximum atomic E-state index is 3.65. The molecule has 0 aromatic heterocycles. The lowest BCUT2D eigenvalue weighted by Gasteiger charge is -2.28. The molecule has 1 unspecified atom stereocenters. The van der Waals surface area contributed by atoms with Crippen LogP contribution in [-0.4, -0.2) is 0 Å². The Bertz CT molecular complexity index is 2430. The third-order valence-electron chi connectivity index (χ3n) is 10.1. The molecular formula is C48H38N2. The van der Waals surface area contributed by atoms with Crippen LogP contribution in [0.25, 0.3) is 38.7 Å². The van der Waals surface area contributed by atoms with E-state index >= 15 is 0 Å². The van der Waals surface area contributed by atoms with Crippen LogP contribution in [0.5, 0.6) is 0 Å². The number of nitrogens with zero attached hydrogens (tertiary/aromatic N) is 1. The van der Waals surface area contributed by atoms with Crippen LogP contribution >= 0.6 is 0 Å². The molecule has 0 heterocycles. The Balaban J connectivity index is 0.965. The van der Waals surface area contributed by atoms with Crippen LogP contribution in [0.4, 0.5) is 22.7 Å². The Morgan fingerprint density at radius 1 is 0.540 bits per heavy atom. The zero-order valence-corrected chi connectivity index (χ0v) is 28.0. The SMILES string of the molecule is C1=Cc2ccc(N(c3ccc(C4C=CC(Nc5ccc6cc7ccccc7cc6c5)=CC4)cc3)c3cccc(-c4ccccc4)c3)cc2CC1. The van der Waals surface area contributed by atoms with E-state index in [2.05, 4.69) is 192 Å². The fourth-order valence-electron chi connectivity index (χ4n) is 7.48. The van der Waals surface area contributed by atoms with Crippen molar-refractivity contribution in [1.29, 1.82) is 0 Å². The number of allylic oxidation sites excluding steroid dienone is 4. The summed E-state index contributed by atoms with van der Waals surface area (Å²) in [5.41, 5.74) is 12.3. The highest BCUT2D eigenvalue weighted by molar-refractivity contribution is 5.99. The summed E-state index contributed by atoms with van der Waals surface area (Å²) in [7, 11) is 0. The summed E-state index contributed by atoms with van der Waals surface area (Å²) < 4.78 is 0. The van der Waals surface area contributed by atoms with Gasteiger partial charge in [0.1, 0.15) is 0 Å². The van der Waals surface area contributed by atoms with Crippen molar-refractivity contribution in [3.05, 3.63) is 198 Å². The van der Waals surface area contributed by atoms with Crippen molar-refractivity contribution in [3.8, 4) is 11.1 Å². The number of aryl methyl sites for hydroxylation is 1. The third-order valence-corrected chi connectivity index (χ3v) is 10.1. The molecule has 0 bridgehead atoms. The van der Waals surface area contributed by atoms with Crippen LogP contribution in [0.3, 0.4) is 0 Å². The molecule has 0 amide bonds. The molecule has 50 heavy (non-hydrogen) atoms. The molecule has 2 nitrogen and oxygen atoms in total. The molecule has 9 rings (SSSR count). The van der Waals surface area contributed by atoms with E-state index < -0.39 is 0 Å². The van der Waals surface area contributed by atoms with Gasteiger partial charge in [-0.1, -0.05) is 115 Å². The predicted molar refractivity (Wildman–Crippen MR) is 214 cm³/mol. The molecule has 0 aliphatic heterocycles. The van der Waals surface area contributed by atoms with Crippen LogP contribution in [0.15, 0.2) is 182 Å². The highest BCUT2D eigenvalue weighted by atomic mass is 15.1. The first-order valence-corrected chi connectivity index (χ1v) is 17.7. The summed E-state index contributed by atoms with van der Waals surface area (Å²) in [6, 6.07) is 55.4. The molecule has 1 N–H and O–H groups in total. The molecule has 1 atom stereocenters. The molecule has 7 aromatic carbocycles. The first kappa shape index (κ1) is 30.0. The topological polar surface area (TPSA) is 15.3 Å². The van der Waals surface area contributed by atoms with E-state index in [1.807, 2.05) is 0 Å². The highest BCUT2D eigenvalue weighted by Gasteiger charge is 2.18. The summed E-state index contributed by atoms with van der Waals surface area (Å²) in [5, 5.41) is 8.71. The van der Waals surface area contributed by atoms with Crippen LogP contribution in [0.1, 0.15) is 35.4 Å². The monoisotopic (exact) mass is 642 g/mol. The Hall–Kier alpha value is -6.12. The number of hydrogen-bond donors (Lipinski definition) is 1. The van der Waals surface area contributed by atoms with E-state index in [1.54, 1.807) is 0 Å². The second-order valence-electron chi connectivity index (χ2n) is 13.4. The van der Waals surface area contributed by atoms with E-state index in [0.717, 1.165) is 42.0 Å². The number of anilines is 4. The van der Waals surface area contributed by atoms with Crippen molar-refractivity contribution >= 4 is 50.4 Å². The molecule has 0 saturated heterocycles. The van der Waals surface area contributed by atoms with Gasteiger partial charge in [0.15, 0.2) is 0 Å². The van der Waals surface area contributed by atoms with Crippen molar-refractivity contribution in [1.82, 2.24) is 0 Å². The number of benzene rings is 7. The summed E-state index contributed by atoms with van der Waals surface area (Å²) in [6.45, 7) is 0. The maximum absolute atomic E-state index is 3.65. The van der Waals surface area contributed by atoms with E-state index in [4.69, 9.17) is 0 Å². The molecule has 0 fully saturated rings. The smallest absolute Gasteiger partial charge is 0.0467 e. The quantitative estimate of drug-likeness (QED) is 0.174. The lowest BCUT2D eigenvalue weighted by Crippen LogP contribution is -2.11. The first-order chi connectivity index (χ1) is 24.7.